The number of amides is 2. The molecular weight excluding hydrogens is 406 g/mol. The molecule has 0 aliphatic rings. The average Bonchev–Trinajstić information content (AvgIpc) is 2.75. The van der Waals surface area contributed by atoms with Crippen molar-refractivity contribution in [1.82, 2.24) is 5.43 Å². The van der Waals surface area contributed by atoms with E-state index in [-0.39, 0.29) is 0 Å². The third-order valence-electron chi connectivity index (χ3n) is 3.77. The molecule has 0 saturated carbocycles. The van der Waals surface area contributed by atoms with Gasteiger partial charge in [0.15, 0.2) is 0 Å². The Morgan fingerprint density at radius 1 is 0.867 bits per heavy atom. The molecule has 0 aliphatic heterocycles. The Hall–Kier alpha value is -3.97. The van der Waals surface area contributed by atoms with Gasteiger partial charge in [0, 0.05) is 10.7 Å². The van der Waals surface area contributed by atoms with E-state index in [0.29, 0.717) is 27.6 Å². The van der Waals surface area contributed by atoms with Crippen molar-refractivity contribution in [2.24, 2.45) is 5.10 Å². The van der Waals surface area contributed by atoms with Gasteiger partial charge in [-0.05, 0) is 54.1 Å². The number of esters is 1. The summed E-state index contributed by atoms with van der Waals surface area (Å²) >= 11 is 5.81. The van der Waals surface area contributed by atoms with Crippen molar-refractivity contribution in [1.29, 1.82) is 0 Å². The second-order valence-corrected chi connectivity index (χ2v) is 6.42. The van der Waals surface area contributed by atoms with Gasteiger partial charge in [0.1, 0.15) is 5.75 Å². The Bertz CT molecular complexity index is 1080. The van der Waals surface area contributed by atoms with E-state index in [0.717, 1.165) is 0 Å². The third kappa shape index (κ3) is 6.02. The molecule has 2 N–H and O–H groups in total. The summed E-state index contributed by atoms with van der Waals surface area (Å²) in [4.78, 5) is 35.8. The van der Waals surface area contributed by atoms with Gasteiger partial charge in [-0.25, -0.2) is 10.2 Å². The molecule has 0 atom stereocenters. The van der Waals surface area contributed by atoms with Crippen molar-refractivity contribution in [3.63, 3.8) is 0 Å². The first kappa shape index (κ1) is 20.8. The molecule has 30 heavy (non-hydrogen) atoms. The number of hydrogen-bond donors (Lipinski definition) is 2. The first-order valence-corrected chi connectivity index (χ1v) is 9.16. The summed E-state index contributed by atoms with van der Waals surface area (Å²) in [5.74, 6) is -2.00. The van der Waals surface area contributed by atoms with Crippen LogP contribution in [0.5, 0.6) is 5.75 Å². The lowest BCUT2D eigenvalue weighted by Gasteiger charge is -2.05. The first-order valence-electron chi connectivity index (χ1n) is 8.78. The van der Waals surface area contributed by atoms with Crippen molar-refractivity contribution >= 4 is 41.3 Å². The molecule has 0 aliphatic carbocycles. The average molecular weight is 422 g/mol. The van der Waals surface area contributed by atoms with Crippen LogP contribution in [-0.4, -0.2) is 24.0 Å². The number of rotatable bonds is 5. The van der Waals surface area contributed by atoms with E-state index in [1.165, 1.54) is 6.21 Å². The van der Waals surface area contributed by atoms with E-state index in [2.05, 4.69) is 15.8 Å². The molecule has 0 aromatic heterocycles. The highest BCUT2D eigenvalue weighted by molar-refractivity contribution is 6.39. The number of hydrazone groups is 1. The summed E-state index contributed by atoms with van der Waals surface area (Å²) in [7, 11) is 0. The summed E-state index contributed by atoms with van der Waals surface area (Å²) in [5.41, 5.74) is 3.55. The highest BCUT2D eigenvalue weighted by atomic mass is 35.5. The van der Waals surface area contributed by atoms with Crippen molar-refractivity contribution in [2.75, 3.05) is 5.32 Å². The maximum absolute atomic E-state index is 12.2. The number of anilines is 1. The summed E-state index contributed by atoms with van der Waals surface area (Å²) in [6.07, 6.45) is 1.33. The van der Waals surface area contributed by atoms with Crippen LogP contribution >= 0.6 is 11.6 Å². The van der Waals surface area contributed by atoms with Gasteiger partial charge in [-0.15, -0.1) is 0 Å². The molecule has 0 spiro atoms. The zero-order chi connectivity index (χ0) is 21.3. The predicted octanol–water partition coefficient (Wildman–Crippen LogP) is 3.65. The Morgan fingerprint density at radius 3 is 2.33 bits per heavy atom. The van der Waals surface area contributed by atoms with Crippen molar-refractivity contribution in [2.45, 2.75) is 0 Å². The van der Waals surface area contributed by atoms with Crippen LogP contribution in [0.3, 0.4) is 0 Å². The van der Waals surface area contributed by atoms with Gasteiger partial charge in [0.2, 0.25) is 0 Å². The Balaban J connectivity index is 1.56. The fourth-order valence-corrected chi connectivity index (χ4v) is 2.46. The van der Waals surface area contributed by atoms with Crippen LogP contribution in [0.4, 0.5) is 5.69 Å². The largest absolute Gasteiger partial charge is 0.423 e. The zero-order valence-electron chi connectivity index (χ0n) is 15.5. The van der Waals surface area contributed by atoms with E-state index >= 15 is 0 Å². The topological polar surface area (TPSA) is 96.9 Å². The van der Waals surface area contributed by atoms with Crippen LogP contribution in [-0.2, 0) is 9.59 Å². The molecule has 3 rings (SSSR count). The molecular formula is C22H16ClN3O4. The number of hydrogen-bond acceptors (Lipinski definition) is 5. The molecule has 0 saturated heterocycles. The predicted molar refractivity (Wildman–Crippen MR) is 114 cm³/mol. The minimum atomic E-state index is -0.916. The fourth-order valence-electron chi connectivity index (χ4n) is 2.34. The van der Waals surface area contributed by atoms with Crippen LogP contribution in [0.15, 0.2) is 84.0 Å². The van der Waals surface area contributed by atoms with E-state index in [9.17, 15) is 14.4 Å². The SMILES string of the molecule is O=C(N/N=C\c1cccc(OC(=O)c2ccc(Cl)cc2)c1)C(=O)Nc1ccccc1. The maximum atomic E-state index is 12.2. The van der Waals surface area contributed by atoms with Crippen molar-refractivity contribution < 1.29 is 19.1 Å². The number of halogens is 1. The quantitative estimate of drug-likeness (QED) is 0.216. The highest BCUT2D eigenvalue weighted by Crippen LogP contribution is 2.16. The number of nitrogens with zero attached hydrogens (tertiary/aromatic N) is 1. The maximum Gasteiger partial charge on any atom is 0.343 e. The number of carbonyl (C=O) groups excluding carboxylic acids is 3. The molecule has 0 heterocycles. The number of carbonyl (C=O) groups is 3. The first-order chi connectivity index (χ1) is 14.5. The molecule has 3 aromatic rings. The molecule has 0 bridgehead atoms. The van der Waals surface area contributed by atoms with Crippen LogP contribution in [0.25, 0.3) is 0 Å². The van der Waals surface area contributed by atoms with E-state index in [1.807, 2.05) is 0 Å². The van der Waals surface area contributed by atoms with Gasteiger partial charge in [0.05, 0.1) is 11.8 Å². The molecule has 7 nitrogen and oxygen atoms in total. The molecule has 3 aromatic carbocycles. The van der Waals surface area contributed by atoms with Crippen LogP contribution in [0, 0.1) is 0 Å². The monoisotopic (exact) mass is 421 g/mol. The Morgan fingerprint density at radius 2 is 1.60 bits per heavy atom. The molecule has 0 unspecified atom stereocenters. The van der Waals surface area contributed by atoms with Gasteiger partial charge in [-0.3, -0.25) is 9.59 Å². The summed E-state index contributed by atoms with van der Waals surface area (Å²) in [6.45, 7) is 0. The smallest absolute Gasteiger partial charge is 0.343 e. The lowest BCUT2D eigenvalue weighted by molar-refractivity contribution is -0.136. The second kappa shape index (κ2) is 9.99. The molecule has 0 fully saturated rings. The van der Waals surface area contributed by atoms with Gasteiger partial charge in [0.25, 0.3) is 0 Å². The van der Waals surface area contributed by atoms with Gasteiger partial charge in [-0.2, -0.15) is 5.10 Å². The molecule has 0 radical (unpaired) electrons. The van der Waals surface area contributed by atoms with Crippen LogP contribution in [0.2, 0.25) is 5.02 Å². The molecule has 8 heteroatoms. The van der Waals surface area contributed by atoms with Crippen molar-refractivity contribution in [3.8, 4) is 5.75 Å². The Labute approximate surface area is 177 Å². The minimum absolute atomic E-state index is 0.298. The normalized spacial score (nSPS) is 10.4. The Kier molecular flexibility index (Phi) is 6.91. The number of ether oxygens (including phenoxy) is 1. The second-order valence-electron chi connectivity index (χ2n) is 5.99. The van der Waals surface area contributed by atoms with Crippen molar-refractivity contribution in [3.05, 3.63) is 95.0 Å². The molecule has 2 amide bonds. The third-order valence-corrected chi connectivity index (χ3v) is 4.02. The van der Waals surface area contributed by atoms with Crippen LogP contribution in [0.1, 0.15) is 15.9 Å². The van der Waals surface area contributed by atoms with E-state index in [1.54, 1.807) is 78.9 Å². The minimum Gasteiger partial charge on any atom is -0.423 e. The fraction of sp³-hybridized carbons (Fsp3) is 0. The number of nitrogens with one attached hydrogen (secondary N) is 2. The zero-order valence-corrected chi connectivity index (χ0v) is 16.3. The van der Waals surface area contributed by atoms with Gasteiger partial charge in [-0.1, -0.05) is 41.9 Å². The van der Waals surface area contributed by atoms with Gasteiger partial charge < -0.3 is 10.1 Å². The standard InChI is InChI=1S/C22H16ClN3O4/c23-17-11-9-16(10-12-17)22(29)30-19-8-4-5-15(13-19)14-24-26-21(28)20(27)25-18-6-2-1-3-7-18/h1-14H,(H,25,27)(H,26,28)/b24-14-. The summed E-state index contributed by atoms with van der Waals surface area (Å²) in [5, 5.41) is 6.72. The van der Waals surface area contributed by atoms with Crippen LogP contribution < -0.4 is 15.5 Å². The van der Waals surface area contributed by atoms with E-state index in [4.69, 9.17) is 16.3 Å². The summed E-state index contributed by atoms with van der Waals surface area (Å²) in [6, 6.07) is 21.4. The number of para-hydroxylation sites is 1. The lowest BCUT2D eigenvalue weighted by atomic mass is 10.2. The summed E-state index contributed by atoms with van der Waals surface area (Å²) < 4.78 is 5.32. The lowest BCUT2D eigenvalue weighted by Crippen LogP contribution is -2.32. The van der Waals surface area contributed by atoms with E-state index < -0.39 is 17.8 Å². The molecule has 150 valence electrons. The highest BCUT2D eigenvalue weighted by Gasteiger charge is 2.12. The van der Waals surface area contributed by atoms with Gasteiger partial charge >= 0.3 is 17.8 Å². The number of benzene rings is 3.